The highest BCUT2D eigenvalue weighted by atomic mass is 16.5. The summed E-state index contributed by atoms with van der Waals surface area (Å²) in [6.45, 7) is 1.30. The minimum Gasteiger partial charge on any atom is -0.453 e. The number of ether oxygens (including phenoxy) is 1. The van der Waals surface area contributed by atoms with Gasteiger partial charge in [-0.25, -0.2) is 9.67 Å². The first-order chi connectivity index (χ1) is 12.2. The number of aromatic nitrogens is 5. The zero-order chi connectivity index (χ0) is 17.2. The van der Waals surface area contributed by atoms with E-state index in [0.717, 1.165) is 6.42 Å². The van der Waals surface area contributed by atoms with Crippen LogP contribution in [0.5, 0.6) is 11.5 Å². The second kappa shape index (κ2) is 6.39. The predicted molar refractivity (Wildman–Crippen MR) is 89.3 cm³/mol. The van der Waals surface area contributed by atoms with Crippen LogP contribution in [0.15, 0.2) is 49.3 Å². The number of benzene rings is 1. The summed E-state index contributed by atoms with van der Waals surface area (Å²) in [5, 5.41) is 8.26. The van der Waals surface area contributed by atoms with Crippen LogP contribution >= 0.6 is 0 Å². The Morgan fingerprint density at radius 2 is 2.16 bits per heavy atom. The van der Waals surface area contributed by atoms with Gasteiger partial charge in [-0.15, -0.1) is 0 Å². The molecule has 0 radical (unpaired) electrons. The Morgan fingerprint density at radius 3 is 2.92 bits per heavy atom. The van der Waals surface area contributed by atoms with Crippen molar-refractivity contribution in [3.63, 3.8) is 0 Å². The fourth-order valence-corrected chi connectivity index (χ4v) is 3.03. The van der Waals surface area contributed by atoms with Crippen LogP contribution in [0.2, 0.25) is 0 Å². The molecule has 1 unspecified atom stereocenters. The van der Waals surface area contributed by atoms with Crippen molar-refractivity contribution < 1.29 is 9.53 Å². The minimum atomic E-state index is -0.0397. The van der Waals surface area contributed by atoms with Gasteiger partial charge in [0.1, 0.15) is 18.4 Å². The average Bonchev–Trinajstić information content (AvgIpc) is 3.36. The smallest absolute Gasteiger partial charge is 0.257 e. The lowest BCUT2D eigenvalue weighted by Crippen LogP contribution is -2.29. The lowest BCUT2D eigenvalue weighted by Gasteiger charge is -2.18. The van der Waals surface area contributed by atoms with Crippen LogP contribution in [-0.4, -0.2) is 48.4 Å². The molecule has 1 amide bonds. The quantitative estimate of drug-likeness (QED) is 0.726. The molecule has 3 aromatic rings. The summed E-state index contributed by atoms with van der Waals surface area (Å²) >= 11 is 0. The summed E-state index contributed by atoms with van der Waals surface area (Å²) in [6.07, 6.45) is 7.45. The number of nitrogens with zero attached hydrogens (tertiary/aromatic N) is 6. The van der Waals surface area contributed by atoms with Crippen LogP contribution < -0.4 is 4.74 Å². The van der Waals surface area contributed by atoms with E-state index in [-0.39, 0.29) is 11.9 Å². The zero-order valence-corrected chi connectivity index (χ0v) is 13.8. The number of hydrogen-bond donors (Lipinski definition) is 0. The van der Waals surface area contributed by atoms with Crippen molar-refractivity contribution in [2.24, 2.45) is 7.05 Å². The molecule has 25 heavy (non-hydrogen) atoms. The van der Waals surface area contributed by atoms with E-state index in [4.69, 9.17) is 4.74 Å². The van der Waals surface area contributed by atoms with Gasteiger partial charge in [0, 0.05) is 20.1 Å². The largest absolute Gasteiger partial charge is 0.453 e. The van der Waals surface area contributed by atoms with E-state index >= 15 is 0 Å². The second-order valence-electron chi connectivity index (χ2n) is 6.02. The molecule has 1 atom stereocenters. The highest BCUT2D eigenvalue weighted by molar-refractivity contribution is 5.97. The third-order valence-electron chi connectivity index (χ3n) is 4.29. The van der Waals surface area contributed by atoms with Crippen molar-refractivity contribution in [1.82, 2.24) is 29.4 Å². The molecule has 0 saturated carbocycles. The zero-order valence-electron chi connectivity index (χ0n) is 13.8. The molecular weight excluding hydrogens is 320 g/mol. The fourth-order valence-electron chi connectivity index (χ4n) is 3.03. The van der Waals surface area contributed by atoms with Gasteiger partial charge in [0.2, 0.25) is 0 Å². The lowest BCUT2D eigenvalue weighted by molar-refractivity contribution is 0.0784. The number of rotatable bonds is 4. The molecule has 128 valence electrons. The maximum Gasteiger partial charge on any atom is 0.257 e. The summed E-state index contributed by atoms with van der Waals surface area (Å²) < 4.78 is 9.32. The first-order valence-electron chi connectivity index (χ1n) is 8.09. The molecule has 4 rings (SSSR count). The first-order valence-corrected chi connectivity index (χ1v) is 8.09. The van der Waals surface area contributed by atoms with E-state index < -0.39 is 0 Å². The number of hydrogen-bond acceptors (Lipinski definition) is 5. The molecule has 2 aromatic heterocycles. The molecule has 1 aromatic carbocycles. The molecule has 0 spiro atoms. The van der Waals surface area contributed by atoms with Crippen molar-refractivity contribution in [2.45, 2.75) is 12.5 Å². The minimum absolute atomic E-state index is 0.0397. The molecule has 0 N–H and O–H groups in total. The average molecular weight is 338 g/mol. The number of amides is 1. The SMILES string of the molecule is Cn1cc(Oc2ccccc2C(=O)N2CCC(n3cncn3)C2)cn1. The van der Waals surface area contributed by atoms with Crippen molar-refractivity contribution >= 4 is 5.91 Å². The number of aryl methyl sites for hydroxylation is 1. The topological polar surface area (TPSA) is 78.1 Å². The monoisotopic (exact) mass is 338 g/mol. The molecule has 1 aliphatic rings. The summed E-state index contributed by atoms with van der Waals surface area (Å²) in [5.74, 6) is 1.09. The van der Waals surface area contributed by atoms with Gasteiger partial charge in [-0.05, 0) is 18.6 Å². The van der Waals surface area contributed by atoms with Crippen LogP contribution in [0.1, 0.15) is 22.8 Å². The maximum atomic E-state index is 13.0. The fraction of sp³-hybridized carbons (Fsp3) is 0.294. The van der Waals surface area contributed by atoms with E-state index in [1.165, 1.54) is 6.33 Å². The van der Waals surface area contributed by atoms with Crippen LogP contribution in [0.4, 0.5) is 0 Å². The molecular formula is C17H18N6O2. The van der Waals surface area contributed by atoms with Gasteiger partial charge >= 0.3 is 0 Å². The summed E-state index contributed by atoms with van der Waals surface area (Å²) in [4.78, 5) is 18.8. The maximum absolute atomic E-state index is 13.0. The highest BCUT2D eigenvalue weighted by Crippen LogP contribution is 2.28. The summed E-state index contributed by atoms with van der Waals surface area (Å²) in [7, 11) is 1.82. The van der Waals surface area contributed by atoms with Crippen molar-refractivity contribution in [2.75, 3.05) is 13.1 Å². The number of likely N-dealkylation sites (tertiary alicyclic amines) is 1. The van der Waals surface area contributed by atoms with Gasteiger partial charge in [0.15, 0.2) is 5.75 Å². The molecule has 3 heterocycles. The third kappa shape index (κ3) is 3.10. The van der Waals surface area contributed by atoms with Gasteiger partial charge in [-0.2, -0.15) is 10.2 Å². The van der Waals surface area contributed by atoms with Gasteiger partial charge in [0.25, 0.3) is 5.91 Å². The van der Waals surface area contributed by atoms with Crippen LogP contribution in [-0.2, 0) is 7.05 Å². The van der Waals surface area contributed by atoms with E-state index in [2.05, 4.69) is 15.2 Å². The van der Waals surface area contributed by atoms with Crippen molar-refractivity contribution in [3.05, 3.63) is 54.9 Å². The van der Waals surface area contributed by atoms with E-state index in [1.54, 1.807) is 35.5 Å². The number of carbonyl (C=O) groups is 1. The normalized spacial score (nSPS) is 17.0. The Balaban J connectivity index is 1.52. The van der Waals surface area contributed by atoms with Crippen LogP contribution in [0.3, 0.4) is 0 Å². The van der Waals surface area contributed by atoms with Crippen molar-refractivity contribution in [3.8, 4) is 11.5 Å². The van der Waals surface area contributed by atoms with Gasteiger partial charge in [-0.3, -0.25) is 9.48 Å². The van der Waals surface area contributed by atoms with Crippen LogP contribution in [0.25, 0.3) is 0 Å². The summed E-state index contributed by atoms with van der Waals surface area (Å²) in [5.41, 5.74) is 0.547. The Morgan fingerprint density at radius 1 is 1.28 bits per heavy atom. The highest BCUT2D eigenvalue weighted by Gasteiger charge is 2.29. The first kappa shape index (κ1) is 15.4. The predicted octanol–water partition coefficient (Wildman–Crippen LogP) is 1.89. The van der Waals surface area contributed by atoms with E-state index in [0.29, 0.717) is 30.2 Å². The number of para-hydroxylation sites is 1. The molecule has 1 fully saturated rings. The molecule has 8 heteroatoms. The molecule has 1 aliphatic heterocycles. The van der Waals surface area contributed by atoms with Crippen LogP contribution in [0, 0.1) is 0 Å². The lowest BCUT2D eigenvalue weighted by atomic mass is 10.1. The number of carbonyl (C=O) groups excluding carboxylic acids is 1. The molecule has 0 bridgehead atoms. The van der Waals surface area contributed by atoms with Gasteiger partial charge < -0.3 is 9.64 Å². The van der Waals surface area contributed by atoms with Crippen molar-refractivity contribution in [1.29, 1.82) is 0 Å². The Labute approximate surface area is 144 Å². The Bertz CT molecular complexity index is 873. The Kier molecular flexibility index (Phi) is 3.93. The van der Waals surface area contributed by atoms with E-state index in [1.807, 2.05) is 28.8 Å². The molecule has 1 saturated heterocycles. The summed E-state index contributed by atoms with van der Waals surface area (Å²) in [6, 6.07) is 7.44. The third-order valence-corrected chi connectivity index (χ3v) is 4.29. The molecule has 8 nitrogen and oxygen atoms in total. The second-order valence-corrected chi connectivity index (χ2v) is 6.02. The van der Waals surface area contributed by atoms with Gasteiger partial charge in [0.05, 0.1) is 24.0 Å². The Hall–Kier alpha value is -3.16. The van der Waals surface area contributed by atoms with Gasteiger partial charge in [-0.1, -0.05) is 12.1 Å². The molecule has 0 aliphatic carbocycles. The van der Waals surface area contributed by atoms with E-state index in [9.17, 15) is 4.79 Å². The standard InChI is InChI=1S/C17H18N6O2/c1-21-10-14(8-19-21)25-16-5-3-2-4-15(16)17(24)22-7-6-13(9-22)23-12-18-11-20-23/h2-5,8,10-13H,6-7,9H2,1H3.